The van der Waals surface area contributed by atoms with E-state index < -0.39 is 5.97 Å². The normalized spacial score (nSPS) is 11.3. The van der Waals surface area contributed by atoms with Gasteiger partial charge in [-0.1, -0.05) is 36.5 Å². The van der Waals surface area contributed by atoms with E-state index in [9.17, 15) is 9.59 Å². The van der Waals surface area contributed by atoms with Gasteiger partial charge in [0.2, 0.25) is 4.96 Å². The number of rotatable bonds is 4. The molecule has 8 heteroatoms. The fraction of sp³-hybridized carbons (Fsp3) is 0.222. The van der Waals surface area contributed by atoms with Crippen molar-refractivity contribution in [3.05, 3.63) is 62.6 Å². The Hall–Kier alpha value is -3.00. The lowest BCUT2D eigenvalue weighted by Gasteiger charge is -2.04. The summed E-state index contributed by atoms with van der Waals surface area (Å²) in [5, 5.41) is 5.85. The van der Waals surface area contributed by atoms with Gasteiger partial charge in [0.1, 0.15) is 11.6 Å². The summed E-state index contributed by atoms with van der Waals surface area (Å²) in [7, 11) is 0. The van der Waals surface area contributed by atoms with Gasteiger partial charge in [0.05, 0.1) is 11.3 Å². The first-order valence-electron chi connectivity index (χ1n) is 8.20. The number of hydrogen-bond acceptors (Lipinski definition) is 6. The largest absolute Gasteiger partial charge is 0.456 e. The van der Waals surface area contributed by atoms with E-state index in [0.717, 1.165) is 28.0 Å². The fourth-order valence-corrected chi connectivity index (χ4v) is 3.72. The van der Waals surface area contributed by atoms with E-state index >= 15 is 0 Å². The maximum atomic E-state index is 12.5. The number of carbonyl (C=O) groups excluding carboxylic acids is 1. The second-order valence-corrected chi connectivity index (χ2v) is 6.92. The topological polar surface area (TPSA) is 89.4 Å². The Morgan fingerprint density at radius 3 is 2.96 bits per heavy atom. The van der Waals surface area contributed by atoms with Crippen LogP contribution < -0.4 is 5.56 Å². The Bertz CT molecular complexity index is 1190. The second-order valence-electron chi connectivity index (χ2n) is 5.88. The van der Waals surface area contributed by atoms with Crippen LogP contribution >= 0.6 is 11.3 Å². The molecule has 132 valence electrons. The van der Waals surface area contributed by atoms with Crippen LogP contribution in [0.15, 0.2) is 35.1 Å². The Balaban J connectivity index is 1.60. The number of fused-ring (bicyclic) bond motifs is 2. The molecule has 0 radical (unpaired) electrons. The molecule has 0 saturated heterocycles. The van der Waals surface area contributed by atoms with Crippen molar-refractivity contribution in [2.75, 3.05) is 0 Å². The standard InChI is InChI=1S/C18H16N4O3S/c1-3-14-21-22-15(23)8-11(20-18(22)26-14)9-25-17(24)16-10(2)19-13-7-5-4-6-12(13)16/h4-8,19H,3,9H2,1-2H3. The summed E-state index contributed by atoms with van der Waals surface area (Å²) in [6.45, 7) is 3.73. The Kier molecular flexibility index (Phi) is 4.04. The highest BCUT2D eigenvalue weighted by molar-refractivity contribution is 7.16. The van der Waals surface area contributed by atoms with Crippen molar-refractivity contribution in [1.82, 2.24) is 19.6 Å². The third kappa shape index (κ3) is 2.78. The molecule has 4 aromatic rings. The summed E-state index contributed by atoms with van der Waals surface area (Å²) >= 11 is 1.36. The number of aryl methyl sites for hydroxylation is 2. The van der Waals surface area contributed by atoms with Gasteiger partial charge in [0, 0.05) is 22.7 Å². The first-order chi connectivity index (χ1) is 12.6. The Labute approximate surface area is 152 Å². The number of carbonyl (C=O) groups is 1. The minimum atomic E-state index is -0.444. The van der Waals surface area contributed by atoms with Crippen molar-refractivity contribution in [2.45, 2.75) is 26.9 Å². The molecular weight excluding hydrogens is 352 g/mol. The fourth-order valence-electron chi connectivity index (χ4n) is 2.86. The number of hydrogen-bond donors (Lipinski definition) is 1. The predicted octanol–water partition coefficient (Wildman–Crippen LogP) is 2.86. The predicted molar refractivity (Wildman–Crippen MR) is 98.7 cm³/mol. The van der Waals surface area contributed by atoms with E-state index in [2.05, 4.69) is 15.1 Å². The molecular formula is C18H16N4O3S. The number of para-hydroxylation sites is 1. The summed E-state index contributed by atoms with van der Waals surface area (Å²) in [5.74, 6) is -0.444. The molecule has 7 nitrogen and oxygen atoms in total. The average molecular weight is 368 g/mol. The van der Waals surface area contributed by atoms with E-state index in [1.165, 1.54) is 21.9 Å². The van der Waals surface area contributed by atoms with E-state index in [4.69, 9.17) is 4.74 Å². The van der Waals surface area contributed by atoms with E-state index in [1.54, 1.807) is 0 Å². The van der Waals surface area contributed by atoms with Crippen LogP contribution in [-0.2, 0) is 17.8 Å². The number of nitrogens with zero attached hydrogens (tertiary/aromatic N) is 3. The molecule has 1 aromatic carbocycles. The van der Waals surface area contributed by atoms with Crippen LogP contribution in [0, 0.1) is 6.92 Å². The molecule has 4 rings (SSSR count). The van der Waals surface area contributed by atoms with Crippen molar-refractivity contribution in [3.8, 4) is 0 Å². The van der Waals surface area contributed by atoms with Gasteiger partial charge in [-0.3, -0.25) is 4.79 Å². The third-order valence-electron chi connectivity index (χ3n) is 4.09. The van der Waals surface area contributed by atoms with Crippen LogP contribution in [0.5, 0.6) is 0 Å². The first kappa shape index (κ1) is 16.5. The Morgan fingerprint density at radius 1 is 1.35 bits per heavy atom. The van der Waals surface area contributed by atoms with E-state index in [0.29, 0.717) is 16.2 Å². The van der Waals surface area contributed by atoms with E-state index in [1.807, 2.05) is 38.1 Å². The number of aromatic nitrogens is 4. The van der Waals surface area contributed by atoms with Gasteiger partial charge in [0.25, 0.3) is 5.56 Å². The zero-order chi connectivity index (χ0) is 18.3. The number of nitrogens with one attached hydrogen (secondary N) is 1. The molecule has 1 N–H and O–H groups in total. The summed E-state index contributed by atoms with van der Waals surface area (Å²) in [4.78, 5) is 32.8. The van der Waals surface area contributed by atoms with Gasteiger partial charge in [-0.05, 0) is 19.4 Å². The SMILES string of the molecule is CCc1nn2c(=O)cc(COC(=O)c3c(C)[nH]c4ccccc34)nc2s1. The second kappa shape index (κ2) is 6.38. The lowest BCUT2D eigenvalue weighted by Crippen LogP contribution is -2.16. The number of aromatic amines is 1. The van der Waals surface area contributed by atoms with Crippen LogP contribution in [0.25, 0.3) is 15.9 Å². The molecule has 0 aliphatic rings. The number of ether oxygens (including phenoxy) is 1. The molecule has 0 atom stereocenters. The molecule has 0 aliphatic carbocycles. The minimum absolute atomic E-state index is 0.0666. The highest BCUT2D eigenvalue weighted by atomic mass is 32.1. The molecule has 0 spiro atoms. The van der Waals surface area contributed by atoms with Crippen molar-refractivity contribution in [1.29, 1.82) is 0 Å². The molecule has 3 heterocycles. The van der Waals surface area contributed by atoms with Gasteiger partial charge < -0.3 is 9.72 Å². The molecule has 0 aliphatic heterocycles. The average Bonchev–Trinajstić information content (AvgIpc) is 3.19. The minimum Gasteiger partial charge on any atom is -0.456 e. The maximum absolute atomic E-state index is 12.5. The van der Waals surface area contributed by atoms with Gasteiger partial charge >= 0.3 is 5.97 Å². The molecule has 0 amide bonds. The first-order valence-corrected chi connectivity index (χ1v) is 9.01. The summed E-state index contributed by atoms with van der Waals surface area (Å²) in [6, 6.07) is 8.90. The van der Waals surface area contributed by atoms with Gasteiger partial charge in [0.15, 0.2) is 0 Å². The van der Waals surface area contributed by atoms with Crippen molar-refractivity contribution in [2.24, 2.45) is 0 Å². The van der Waals surface area contributed by atoms with Crippen LogP contribution in [0.3, 0.4) is 0 Å². The lowest BCUT2D eigenvalue weighted by molar-refractivity contribution is 0.0469. The molecule has 0 bridgehead atoms. The van der Waals surface area contributed by atoms with Crippen LogP contribution in [0.4, 0.5) is 0 Å². The maximum Gasteiger partial charge on any atom is 0.340 e. The van der Waals surface area contributed by atoms with Crippen LogP contribution in [-0.4, -0.2) is 25.6 Å². The number of esters is 1. The smallest absolute Gasteiger partial charge is 0.340 e. The highest BCUT2D eigenvalue weighted by Crippen LogP contribution is 2.23. The molecule has 26 heavy (non-hydrogen) atoms. The van der Waals surface area contributed by atoms with Gasteiger partial charge in [-0.15, -0.1) is 0 Å². The number of H-pyrrole nitrogens is 1. The van der Waals surface area contributed by atoms with Gasteiger partial charge in [-0.25, -0.2) is 9.78 Å². The lowest BCUT2D eigenvalue weighted by atomic mass is 10.1. The third-order valence-corrected chi connectivity index (χ3v) is 5.14. The van der Waals surface area contributed by atoms with Crippen molar-refractivity contribution in [3.63, 3.8) is 0 Å². The monoisotopic (exact) mass is 368 g/mol. The Morgan fingerprint density at radius 2 is 2.15 bits per heavy atom. The molecule has 0 unspecified atom stereocenters. The zero-order valence-corrected chi connectivity index (χ0v) is 15.1. The van der Waals surface area contributed by atoms with E-state index in [-0.39, 0.29) is 12.2 Å². The molecule has 0 saturated carbocycles. The quantitative estimate of drug-likeness (QED) is 0.560. The van der Waals surface area contributed by atoms with Crippen molar-refractivity contribution >= 4 is 33.2 Å². The molecule has 3 aromatic heterocycles. The highest BCUT2D eigenvalue weighted by Gasteiger charge is 2.18. The van der Waals surface area contributed by atoms with Crippen LogP contribution in [0.2, 0.25) is 0 Å². The van der Waals surface area contributed by atoms with Crippen molar-refractivity contribution < 1.29 is 9.53 Å². The summed E-state index contributed by atoms with van der Waals surface area (Å²) in [5.41, 5.74) is 2.26. The number of benzene rings is 1. The zero-order valence-electron chi connectivity index (χ0n) is 14.3. The summed E-state index contributed by atoms with van der Waals surface area (Å²) < 4.78 is 6.69. The van der Waals surface area contributed by atoms with Crippen LogP contribution in [0.1, 0.15) is 33.7 Å². The van der Waals surface area contributed by atoms with Gasteiger partial charge in [-0.2, -0.15) is 9.61 Å². The summed E-state index contributed by atoms with van der Waals surface area (Å²) in [6.07, 6.45) is 0.734. The molecule has 0 fully saturated rings.